The maximum absolute atomic E-state index is 13.6. The zero-order valence-corrected chi connectivity index (χ0v) is 22.2. The number of anilines is 1. The molecule has 4 aromatic rings. The summed E-state index contributed by atoms with van der Waals surface area (Å²) in [5.41, 5.74) is 0.181. The first-order valence-electron chi connectivity index (χ1n) is 12.0. The summed E-state index contributed by atoms with van der Waals surface area (Å²) in [5, 5.41) is 16.1. The third-order valence-corrected chi connectivity index (χ3v) is 7.81. The zero-order valence-electron chi connectivity index (χ0n) is 21.4. The highest BCUT2D eigenvalue weighted by Gasteiger charge is 2.29. The molecule has 0 aliphatic heterocycles. The van der Waals surface area contributed by atoms with Crippen molar-refractivity contribution in [2.45, 2.75) is 11.8 Å². The van der Waals surface area contributed by atoms with Crippen molar-refractivity contribution in [3.63, 3.8) is 0 Å². The van der Waals surface area contributed by atoms with E-state index in [2.05, 4.69) is 5.32 Å². The minimum Gasteiger partial charge on any atom is -0.497 e. The van der Waals surface area contributed by atoms with Crippen molar-refractivity contribution in [3.05, 3.63) is 101 Å². The van der Waals surface area contributed by atoms with E-state index in [0.717, 1.165) is 21.1 Å². The molecule has 0 atom stereocenters. The van der Waals surface area contributed by atoms with Crippen LogP contribution in [0.2, 0.25) is 0 Å². The summed E-state index contributed by atoms with van der Waals surface area (Å²) < 4.78 is 39.1. The molecule has 0 saturated heterocycles. The average molecular weight is 550 g/mol. The molecule has 0 heterocycles. The fourth-order valence-corrected chi connectivity index (χ4v) is 5.44. The van der Waals surface area contributed by atoms with Gasteiger partial charge in [-0.2, -0.15) is 0 Å². The average Bonchev–Trinajstić information content (AvgIpc) is 2.94. The third-order valence-electron chi connectivity index (χ3n) is 6.04. The van der Waals surface area contributed by atoms with Crippen LogP contribution in [0.5, 0.6) is 11.5 Å². The Balaban J connectivity index is 1.51. The fraction of sp³-hybridized carbons (Fsp3) is 0.179. The normalized spacial score (nSPS) is 11.1. The monoisotopic (exact) mass is 549 g/mol. The summed E-state index contributed by atoms with van der Waals surface area (Å²) >= 11 is 0. The largest absolute Gasteiger partial charge is 0.497 e. The lowest BCUT2D eigenvalue weighted by atomic mass is 10.1. The van der Waals surface area contributed by atoms with E-state index in [1.807, 2.05) is 42.5 Å². The van der Waals surface area contributed by atoms with Crippen molar-refractivity contribution in [2.24, 2.45) is 0 Å². The lowest BCUT2D eigenvalue weighted by molar-refractivity contribution is -0.385. The topological polar surface area (TPSA) is 128 Å². The Hall–Kier alpha value is -4.64. The first-order chi connectivity index (χ1) is 18.7. The van der Waals surface area contributed by atoms with Crippen molar-refractivity contribution < 1.29 is 27.6 Å². The second-order valence-corrected chi connectivity index (χ2v) is 10.5. The van der Waals surface area contributed by atoms with Gasteiger partial charge in [-0.25, -0.2) is 8.42 Å². The molecular formula is C28H27N3O7S. The van der Waals surface area contributed by atoms with Crippen LogP contribution < -0.4 is 19.1 Å². The van der Waals surface area contributed by atoms with E-state index >= 15 is 0 Å². The second-order valence-electron chi connectivity index (χ2n) is 8.59. The molecule has 0 unspecified atom stereocenters. The first-order valence-corrected chi connectivity index (χ1v) is 13.4. The van der Waals surface area contributed by atoms with Gasteiger partial charge in [-0.3, -0.25) is 19.2 Å². The number of fused-ring (bicyclic) bond motifs is 1. The number of amides is 1. The molecule has 39 heavy (non-hydrogen) atoms. The summed E-state index contributed by atoms with van der Waals surface area (Å²) in [6.07, 6.45) is 0. The fourth-order valence-electron chi connectivity index (χ4n) is 4.00. The lowest BCUT2D eigenvalue weighted by Crippen LogP contribution is -2.42. The van der Waals surface area contributed by atoms with Gasteiger partial charge in [-0.1, -0.05) is 42.5 Å². The number of rotatable bonds is 11. The molecule has 0 spiro atoms. The number of carbonyl (C=O) groups is 1. The van der Waals surface area contributed by atoms with E-state index in [1.54, 1.807) is 12.1 Å². The van der Waals surface area contributed by atoms with Crippen molar-refractivity contribution >= 4 is 38.1 Å². The van der Waals surface area contributed by atoms with E-state index in [4.69, 9.17) is 9.47 Å². The summed E-state index contributed by atoms with van der Waals surface area (Å²) in [6, 6.07) is 23.2. The predicted molar refractivity (Wildman–Crippen MR) is 148 cm³/mol. The zero-order chi connectivity index (χ0) is 28.0. The molecule has 0 bridgehead atoms. The van der Waals surface area contributed by atoms with Gasteiger partial charge in [0.2, 0.25) is 5.91 Å². The quantitative estimate of drug-likeness (QED) is 0.166. The molecule has 11 heteroatoms. The van der Waals surface area contributed by atoms with Gasteiger partial charge >= 0.3 is 0 Å². The molecule has 1 N–H and O–H groups in total. The van der Waals surface area contributed by atoms with Gasteiger partial charge in [0.1, 0.15) is 24.7 Å². The maximum atomic E-state index is 13.6. The predicted octanol–water partition coefficient (Wildman–Crippen LogP) is 4.46. The number of hydrogen-bond donors (Lipinski definition) is 1. The standard InChI is InChI=1S/C28H27N3O7S/c1-20-10-15-24(18-26(20)31(33)34)39(35,36)30(22-11-13-23(37-2)14-12-22)19-28(32)29-16-17-38-27-9-5-7-21-6-3-4-8-25(21)27/h3-15,18H,16-17,19H2,1-2H3,(H,29,32). The molecule has 0 radical (unpaired) electrons. The van der Waals surface area contributed by atoms with E-state index in [1.165, 1.54) is 38.3 Å². The van der Waals surface area contributed by atoms with Crippen LogP contribution in [0.25, 0.3) is 10.8 Å². The number of nitrogens with zero attached hydrogens (tertiary/aromatic N) is 2. The molecule has 4 aromatic carbocycles. The van der Waals surface area contributed by atoms with E-state index in [0.29, 0.717) is 17.1 Å². The van der Waals surface area contributed by atoms with Gasteiger partial charge in [-0.15, -0.1) is 0 Å². The van der Waals surface area contributed by atoms with Gasteiger partial charge in [0.05, 0.1) is 29.2 Å². The molecule has 1 amide bonds. The van der Waals surface area contributed by atoms with E-state index in [-0.39, 0.29) is 29.4 Å². The van der Waals surface area contributed by atoms with Crippen LogP contribution >= 0.6 is 0 Å². The van der Waals surface area contributed by atoms with Crippen LogP contribution in [0.1, 0.15) is 5.56 Å². The summed E-state index contributed by atoms with van der Waals surface area (Å²) in [5.74, 6) is 0.598. The molecule has 0 aromatic heterocycles. The Kier molecular flexibility index (Phi) is 8.30. The first kappa shape index (κ1) is 27.4. The Bertz CT molecular complexity index is 1600. The van der Waals surface area contributed by atoms with Gasteiger partial charge < -0.3 is 14.8 Å². The highest BCUT2D eigenvalue weighted by atomic mass is 32.2. The molecule has 0 fully saturated rings. The van der Waals surface area contributed by atoms with Crippen molar-refractivity contribution in [1.82, 2.24) is 5.32 Å². The number of aryl methyl sites for hydroxylation is 1. The number of benzene rings is 4. The van der Waals surface area contributed by atoms with Crippen molar-refractivity contribution in [3.8, 4) is 11.5 Å². The Morgan fingerprint density at radius 3 is 2.44 bits per heavy atom. The summed E-state index contributed by atoms with van der Waals surface area (Å²) in [7, 11) is -2.87. The molecular weight excluding hydrogens is 522 g/mol. The van der Waals surface area contributed by atoms with Crippen LogP contribution in [0.4, 0.5) is 11.4 Å². The molecule has 4 rings (SSSR count). The maximum Gasteiger partial charge on any atom is 0.273 e. The van der Waals surface area contributed by atoms with Gasteiger partial charge in [0, 0.05) is 17.0 Å². The minimum atomic E-state index is -4.34. The number of nitro groups is 1. The van der Waals surface area contributed by atoms with Crippen LogP contribution in [0.15, 0.2) is 89.8 Å². The van der Waals surface area contributed by atoms with E-state index in [9.17, 15) is 23.3 Å². The van der Waals surface area contributed by atoms with Gasteiger partial charge in [0.25, 0.3) is 15.7 Å². The Labute approximate surface area is 226 Å². The smallest absolute Gasteiger partial charge is 0.273 e. The molecule has 0 aliphatic carbocycles. The Morgan fingerprint density at radius 1 is 1.00 bits per heavy atom. The molecule has 0 aliphatic rings. The highest BCUT2D eigenvalue weighted by molar-refractivity contribution is 7.92. The van der Waals surface area contributed by atoms with Crippen LogP contribution in [-0.2, 0) is 14.8 Å². The molecule has 10 nitrogen and oxygen atoms in total. The number of hydrogen-bond acceptors (Lipinski definition) is 7. The number of nitrogens with one attached hydrogen (secondary N) is 1. The van der Waals surface area contributed by atoms with Gasteiger partial charge in [-0.05, 0) is 48.7 Å². The summed E-state index contributed by atoms with van der Waals surface area (Å²) in [6.45, 7) is 1.27. The number of nitro benzene ring substituents is 1. The van der Waals surface area contributed by atoms with Crippen LogP contribution in [-0.4, -0.2) is 46.1 Å². The van der Waals surface area contributed by atoms with Crippen molar-refractivity contribution in [1.29, 1.82) is 0 Å². The molecule has 202 valence electrons. The van der Waals surface area contributed by atoms with Gasteiger partial charge in [0.15, 0.2) is 0 Å². The number of ether oxygens (including phenoxy) is 2. The summed E-state index contributed by atoms with van der Waals surface area (Å²) in [4.78, 5) is 23.3. The van der Waals surface area contributed by atoms with Crippen LogP contribution in [0.3, 0.4) is 0 Å². The third kappa shape index (κ3) is 6.27. The number of sulfonamides is 1. The minimum absolute atomic E-state index is 0.133. The van der Waals surface area contributed by atoms with E-state index < -0.39 is 27.4 Å². The second kappa shape index (κ2) is 11.8. The number of carbonyl (C=O) groups excluding carboxylic acids is 1. The number of methoxy groups -OCH3 is 1. The van der Waals surface area contributed by atoms with Crippen molar-refractivity contribution in [2.75, 3.05) is 31.1 Å². The lowest BCUT2D eigenvalue weighted by Gasteiger charge is -2.24. The molecule has 0 saturated carbocycles. The van der Waals surface area contributed by atoms with Crippen LogP contribution in [0, 0.1) is 17.0 Å². The highest BCUT2D eigenvalue weighted by Crippen LogP contribution is 2.29. The Morgan fingerprint density at radius 2 is 1.72 bits per heavy atom. The SMILES string of the molecule is COc1ccc(N(CC(=O)NCCOc2cccc3ccccc23)S(=O)(=O)c2ccc(C)c([N+](=O)[O-])c2)cc1.